The van der Waals surface area contributed by atoms with Crippen LogP contribution in [0.15, 0.2) is 0 Å². The van der Waals surface area contributed by atoms with Crippen molar-refractivity contribution in [3.8, 4) is 11.5 Å². The van der Waals surface area contributed by atoms with Crippen LogP contribution in [0.4, 0.5) is 4.79 Å². The Hall–Kier alpha value is -1.52. The zero-order chi connectivity index (χ0) is 18.3. The minimum absolute atomic E-state index is 0.147. The molecule has 0 aromatic heterocycles. The molecular weight excluding hydrogens is 314 g/mol. The Labute approximate surface area is 138 Å². The van der Waals surface area contributed by atoms with E-state index in [4.69, 9.17) is 4.74 Å². The lowest BCUT2D eigenvalue weighted by Crippen LogP contribution is -2.52. The molecule has 1 aliphatic rings. The van der Waals surface area contributed by atoms with Gasteiger partial charge in [0.05, 0.1) is 6.54 Å². The summed E-state index contributed by atoms with van der Waals surface area (Å²) < 4.78 is 5.28. The second-order valence-electron chi connectivity index (χ2n) is 8.35. The highest BCUT2D eigenvalue weighted by Gasteiger charge is 2.57. The fourth-order valence-electron chi connectivity index (χ4n) is 2.32. The van der Waals surface area contributed by atoms with Gasteiger partial charge in [-0.3, -0.25) is 4.90 Å². The molecule has 7 heteroatoms. The van der Waals surface area contributed by atoms with Gasteiger partial charge in [0.2, 0.25) is 0 Å². The molecule has 0 saturated carbocycles. The van der Waals surface area contributed by atoms with Gasteiger partial charge in [-0.05, 0) is 27.7 Å². The molecule has 1 amide bonds. The Morgan fingerprint density at radius 2 is 1.78 bits per heavy atom. The fourth-order valence-corrected chi connectivity index (χ4v) is 2.93. The lowest BCUT2D eigenvalue weighted by molar-refractivity contribution is -0.148. The average molecular weight is 341 g/mol. The van der Waals surface area contributed by atoms with E-state index < -0.39 is 36.9 Å². The van der Waals surface area contributed by atoms with Crippen LogP contribution in [0.5, 0.6) is 0 Å². The highest BCUT2D eigenvalue weighted by molar-refractivity contribution is 6.83. The molecule has 1 rings (SSSR count). The molecule has 130 valence electrons. The second-order valence-corrected chi connectivity index (χ2v) is 13.1. The Morgan fingerprint density at radius 1 is 1.26 bits per heavy atom. The van der Waals surface area contributed by atoms with E-state index in [9.17, 15) is 19.8 Å². The van der Waals surface area contributed by atoms with Gasteiger partial charge in [-0.1, -0.05) is 25.6 Å². The Balaban J connectivity index is 3.17. The van der Waals surface area contributed by atoms with Crippen molar-refractivity contribution in [1.82, 2.24) is 4.90 Å². The molecule has 0 bridgehead atoms. The van der Waals surface area contributed by atoms with Gasteiger partial charge in [-0.15, -0.1) is 5.54 Å². The van der Waals surface area contributed by atoms with Crippen LogP contribution in [0, 0.1) is 11.5 Å². The molecule has 1 heterocycles. The van der Waals surface area contributed by atoms with Crippen molar-refractivity contribution in [3.05, 3.63) is 0 Å². The maximum absolute atomic E-state index is 12.4. The molecule has 2 atom stereocenters. The number of rotatable bonds is 1. The van der Waals surface area contributed by atoms with Crippen molar-refractivity contribution in [3.63, 3.8) is 0 Å². The quantitative estimate of drug-likeness (QED) is 0.563. The summed E-state index contributed by atoms with van der Waals surface area (Å²) in [7, 11) is -1.74. The summed E-state index contributed by atoms with van der Waals surface area (Å²) >= 11 is 0. The summed E-state index contributed by atoms with van der Waals surface area (Å²) in [6, 6.07) is 0. The number of hydrogen-bond acceptors (Lipinski definition) is 4. The third kappa shape index (κ3) is 4.98. The summed E-state index contributed by atoms with van der Waals surface area (Å²) in [5, 5.41) is 20.2. The minimum atomic E-state index is -1.74. The smallest absolute Gasteiger partial charge is 0.411 e. The summed E-state index contributed by atoms with van der Waals surface area (Å²) in [6.45, 7) is 12.4. The molecule has 0 aromatic rings. The number of carbonyl (C=O) groups is 2. The van der Waals surface area contributed by atoms with E-state index in [-0.39, 0.29) is 13.0 Å². The van der Waals surface area contributed by atoms with Crippen LogP contribution in [0.3, 0.4) is 0 Å². The van der Waals surface area contributed by atoms with E-state index in [0.717, 1.165) is 4.90 Å². The Kier molecular flexibility index (Phi) is 4.96. The highest BCUT2D eigenvalue weighted by Crippen LogP contribution is 2.37. The van der Waals surface area contributed by atoms with Gasteiger partial charge in [0.15, 0.2) is 0 Å². The average Bonchev–Trinajstić information content (AvgIpc) is 2.58. The predicted octanol–water partition coefficient (Wildman–Crippen LogP) is 2.08. The summed E-state index contributed by atoms with van der Waals surface area (Å²) in [5.41, 5.74) is -0.781. The summed E-state index contributed by atoms with van der Waals surface area (Å²) in [5.74, 6) is 1.62. The van der Waals surface area contributed by atoms with Crippen molar-refractivity contribution >= 4 is 20.1 Å². The summed E-state index contributed by atoms with van der Waals surface area (Å²) in [6.07, 6.45) is -0.903. The molecule has 1 unspecified atom stereocenters. The maximum Gasteiger partial charge on any atom is 0.411 e. The van der Waals surface area contributed by atoms with Crippen molar-refractivity contribution in [2.75, 3.05) is 6.54 Å². The topological polar surface area (TPSA) is 87.1 Å². The first-order valence-electron chi connectivity index (χ1n) is 7.59. The number of carbonyl (C=O) groups excluding carboxylic acids is 1. The molecular formula is C16H27NO5Si. The van der Waals surface area contributed by atoms with Gasteiger partial charge >= 0.3 is 12.1 Å². The van der Waals surface area contributed by atoms with Crippen LogP contribution in [-0.2, 0) is 9.53 Å². The number of carboxylic acid groups (broad SMARTS) is 1. The molecule has 1 saturated heterocycles. The number of nitrogens with zero attached hydrogens (tertiary/aromatic N) is 1. The molecule has 0 spiro atoms. The minimum Gasteiger partial charge on any atom is -0.480 e. The van der Waals surface area contributed by atoms with Crippen LogP contribution in [-0.4, -0.2) is 58.5 Å². The molecule has 23 heavy (non-hydrogen) atoms. The molecule has 1 fully saturated rings. The lowest BCUT2D eigenvalue weighted by atomic mass is 9.92. The van der Waals surface area contributed by atoms with Crippen LogP contribution in [0.2, 0.25) is 19.6 Å². The first-order chi connectivity index (χ1) is 10.1. The van der Waals surface area contributed by atoms with E-state index in [1.165, 1.54) is 6.92 Å². The number of carboxylic acids is 1. The van der Waals surface area contributed by atoms with Gasteiger partial charge < -0.3 is 14.9 Å². The SMILES string of the molecule is CC(C)(C)OC(=O)N1CC(O)(C#C[Si](C)(C)C)C[C@@]1(C)C(=O)O. The molecule has 6 nitrogen and oxygen atoms in total. The van der Waals surface area contributed by atoms with E-state index in [1.807, 2.05) is 19.6 Å². The van der Waals surface area contributed by atoms with Crippen LogP contribution >= 0.6 is 0 Å². The first-order valence-corrected chi connectivity index (χ1v) is 11.1. The summed E-state index contributed by atoms with van der Waals surface area (Å²) in [4.78, 5) is 25.1. The standard InChI is InChI=1S/C16H27NO5Si/c1-14(2,3)22-13(20)17-11-16(21,8-9-23(5,6)7)10-15(17,4)12(18)19/h21H,10-11H2,1-7H3,(H,18,19)/t15-,16?/m0/s1. The Morgan fingerprint density at radius 3 is 2.17 bits per heavy atom. The number of amides is 1. The largest absolute Gasteiger partial charge is 0.480 e. The highest BCUT2D eigenvalue weighted by atomic mass is 28.3. The molecule has 1 aliphatic heterocycles. The number of aliphatic hydroxyl groups is 1. The molecule has 2 N–H and O–H groups in total. The zero-order valence-corrected chi connectivity index (χ0v) is 16.0. The third-order valence-corrected chi connectivity index (χ3v) is 4.27. The number of hydrogen-bond donors (Lipinski definition) is 2. The molecule has 0 aromatic carbocycles. The van der Waals surface area contributed by atoms with Gasteiger partial charge in [-0.25, -0.2) is 9.59 Å². The number of β-amino-alcohol motifs (C(OH)–C–C–N with tert-alkyl or cyclic N) is 1. The maximum atomic E-state index is 12.4. The van der Waals surface area contributed by atoms with Crippen molar-refractivity contribution < 1.29 is 24.5 Å². The predicted molar refractivity (Wildman–Crippen MR) is 89.7 cm³/mol. The van der Waals surface area contributed by atoms with Gasteiger partial charge in [-0.2, -0.15) is 0 Å². The van der Waals surface area contributed by atoms with E-state index in [2.05, 4.69) is 11.5 Å². The first kappa shape index (κ1) is 19.5. The van der Waals surface area contributed by atoms with Crippen molar-refractivity contribution in [2.24, 2.45) is 0 Å². The monoisotopic (exact) mass is 341 g/mol. The number of aliphatic carboxylic acids is 1. The lowest BCUT2D eigenvalue weighted by Gasteiger charge is -2.32. The normalized spacial score (nSPS) is 28.1. The zero-order valence-electron chi connectivity index (χ0n) is 15.0. The van der Waals surface area contributed by atoms with Gasteiger partial charge in [0, 0.05) is 6.42 Å². The Bertz CT molecular complexity index is 566. The molecule has 0 radical (unpaired) electrons. The van der Waals surface area contributed by atoms with E-state index in [1.54, 1.807) is 20.8 Å². The van der Waals surface area contributed by atoms with Gasteiger partial charge in [0.25, 0.3) is 0 Å². The third-order valence-electron chi connectivity index (χ3n) is 3.40. The van der Waals surface area contributed by atoms with Crippen molar-refractivity contribution in [1.29, 1.82) is 0 Å². The van der Waals surface area contributed by atoms with Gasteiger partial charge in [0.1, 0.15) is 24.8 Å². The number of likely N-dealkylation sites (tertiary alicyclic amines) is 1. The fraction of sp³-hybridized carbons (Fsp3) is 0.750. The van der Waals surface area contributed by atoms with Crippen LogP contribution < -0.4 is 0 Å². The molecule has 0 aliphatic carbocycles. The van der Waals surface area contributed by atoms with Crippen LogP contribution in [0.1, 0.15) is 34.1 Å². The van der Waals surface area contributed by atoms with Crippen molar-refractivity contribution in [2.45, 2.75) is 70.5 Å². The second kappa shape index (κ2) is 5.84. The van der Waals surface area contributed by atoms with E-state index >= 15 is 0 Å². The number of ether oxygens (including phenoxy) is 1. The van der Waals surface area contributed by atoms with E-state index in [0.29, 0.717) is 0 Å². The van der Waals surface area contributed by atoms with Crippen LogP contribution in [0.25, 0.3) is 0 Å².